The molecule has 0 aliphatic carbocycles. The van der Waals surface area contributed by atoms with Gasteiger partial charge in [0.2, 0.25) is 0 Å². The minimum Gasteiger partial charge on any atom is -0.297 e. The predicted molar refractivity (Wildman–Crippen MR) is 108 cm³/mol. The van der Waals surface area contributed by atoms with E-state index in [0.29, 0.717) is 6.04 Å². The summed E-state index contributed by atoms with van der Waals surface area (Å²) in [7, 11) is 2.15. The number of rotatable bonds is 9. The van der Waals surface area contributed by atoms with Gasteiger partial charge in [-0.25, -0.2) is 0 Å². The molecule has 5 heteroatoms. The summed E-state index contributed by atoms with van der Waals surface area (Å²) >= 11 is 0. The van der Waals surface area contributed by atoms with Gasteiger partial charge in [0.25, 0.3) is 0 Å². The molecular formula is C22H27N5. The Morgan fingerprint density at radius 3 is 1.56 bits per heavy atom. The molecule has 0 N–H and O–H groups in total. The number of hydrogen-bond donors (Lipinski definition) is 0. The first-order chi connectivity index (χ1) is 13.2. The number of likely N-dealkylation sites (N-methyl/N-ethyl adjacent to an activating group) is 1. The molecule has 0 radical (unpaired) electrons. The van der Waals surface area contributed by atoms with Crippen LogP contribution in [-0.2, 0) is 19.6 Å². The maximum Gasteiger partial charge on any atom is 0.0544 e. The molecule has 0 spiro atoms. The van der Waals surface area contributed by atoms with Gasteiger partial charge in [-0.1, -0.05) is 18.2 Å². The lowest BCUT2D eigenvalue weighted by molar-refractivity contribution is 0.153. The molecule has 3 heterocycles. The first-order valence-corrected chi connectivity index (χ1v) is 9.33. The van der Waals surface area contributed by atoms with Gasteiger partial charge in [0.05, 0.1) is 17.1 Å². The van der Waals surface area contributed by atoms with E-state index in [1.807, 2.05) is 55.0 Å². The summed E-state index contributed by atoms with van der Waals surface area (Å²) in [5.41, 5.74) is 3.24. The van der Waals surface area contributed by atoms with Crippen molar-refractivity contribution in [3.8, 4) is 0 Å². The number of pyridine rings is 3. The van der Waals surface area contributed by atoms with Gasteiger partial charge >= 0.3 is 0 Å². The van der Waals surface area contributed by atoms with Crippen LogP contribution in [0.25, 0.3) is 0 Å². The normalized spacial score (nSPS) is 12.4. The molecule has 27 heavy (non-hydrogen) atoms. The van der Waals surface area contributed by atoms with Gasteiger partial charge in [0.1, 0.15) is 0 Å². The quantitative estimate of drug-likeness (QED) is 0.584. The van der Waals surface area contributed by atoms with Gasteiger partial charge in [-0.2, -0.15) is 0 Å². The molecule has 0 saturated heterocycles. The molecule has 0 aliphatic rings. The van der Waals surface area contributed by atoms with E-state index in [4.69, 9.17) is 0 Å². The van der Waals surface area contributed by atoms with Crippen molar-refractivity contribution in [2.75, 3.05) is 13.6 Å². The molecule has 3 aromatic heterocycles. The largest absolute Gasteiger partial charge is 0.297 e. The molecule has 0 amide bonds. The van der Waals surface area contributed by atoms with Crippen molar-refractivity contribution >= 4 is 0 Å². The number of nitrogens with zero attached hydrogens (tertiary/aromatic N) is 5. The zero-order valence-electron chi connectivity index (χ0n) is 16.1. The van der Waals surface area contributed by atoms with Crippen LogP contribution in [-0.4, -0.2) is 44.4 Å². The second-order valence-corrected chi connectivity index (χ2v) is 6.90. The summed E-state index contributed by atoms with van der Waals surface area (Å²) in [4.78, 5) is 18.2. The lowest BCUT2D eigenvalue weighted by Gasteiger charge is -2.30. The minimum atomic E-state index is 0.374. The third kappa shape index (κ3) is 6.24. The molecule has 0 aromatic carbocycles. The van der Waals surface area contributed by atoms with Gasteiger partial charge in [0, 0.05) is 50.8 Å². The second-order valence-electron chi connectivity index (χ2n) is 6.90. The van der Waals surface area contributed by atoms with Crippen molar-refractivity contribution in [1.29, 1.82) is 0 Å². The van der Waals surface area contributed by atoms with Crippen LogP contribution in [0.15, 0.2) is 73.2 Å². The fourth-order valence-corrected chi connectivity index (χ4v) is 3.04. The highest BCUT2D eigenvalue weighted by Crippen LogP contribution is 2.11. The fourth-order valence-electron chi connectivity index (χ4n) is 3.04. The van der Waals surface area contributed by atoms with Crippen LogP contribution >= 0.6 is 0 Å². The zero-order chi connectivity index (χ0) is 18.9. The van der Waals surface area contributed by atoms with E-state index in [1.165, 1.54) is 0 Å². The molecule has 0 aliphatic heterocycles. The Labute approximate surface area is 161 Å². The topological polar surface area (TPSA) is 45.2 Å². The highest BCUT2D eigenvalue weighted by atomic mass is 15.2. The van der Waals surface area contributed by atoms with Crippen molar-refractivity contribution in [1.82, 2.24) is 24.8 Å². The molecule has 0 fully saturated rings. The zero-order valence-corrected chi connectivity index (χ0v) is 16.1. The van der Waals surface area contributed by atoms with Gasteiger partial charge in [-0.3, -0.25) is 24.8 Å². The Morgan fingerprint density at radius 2 is 1.15 bits per heavy atom. The lowest BCUT2D eigenvalue weighted by atomic mass is 10.2. The molecule has 3 rings (SSSR count). The van der Waals surface area contributed by atoms with Crippen LogP contribution in [0.4, 0.5) is 0 Å². The standard InChI is InChI=1S/C22H27N5/c1-19(26(2)16-20-9-3-6-12-23-20)15-27(17-21-10-4-7-13-24-21)18-22-11-5-8-14-25-22/h3-14,19H,15-18H2,1-2H3. The van der Waals surface area contributed by atoms with E-state index in [0.717, 1.165) is 43.3 Å². The summed E-state index contributed by atoms with van der Waals surface area (Å²) in [6.07, 6.45) is 5.55. The molecule has 3 aromatic rings. The lowest BCUT2D eigenvalue weighted by Crippen LogP contribution is -2.40. The van der Waals surface area contributed by atoms with E-state index in [-0.39, 0.29) is 0 Å². The monoisotopic (exact) mass is 361 g/mol. The average molecular weight is 361 g/mol. The second kappa shape index (κ2) is 9.90. The van der Waals surface area contributed by atoms with Crippen LogP contribution < -0.4 is 0 Å². The predicted octanol–water partition coefficient (Wildman–Crippen LogP) is 3.39. The third-order valence-corrected chi connectivity index (χ3v) is 4.64. The highest BCUT2D eigenvalue weighted by molar-refractivity contribution is 5.07. The summed E-state index contributed by atoms with van der Waals surface area (Å²) in [5.74, 6) is 0. The SMILES string of the molecule is CC(CN(Cc1ccccn1)Cc1ccccn1)N(C)Cc1ccccn1. The Kier molecular flexibility index (Phi) is 7.02. The van der Waals surface area contributed by atoms with E-state index in [9.17, 15) is 0 Å². The molecular weight excluding hydrogens is 334 g/mol. The maximum atomic E-state index is 4.49. The Morgan fingerprint density at radius 1 is 0.704 bits per heavy atom. The third-order valence-electron chi connectivity index (χ3n) is 4.64. The Balaban J connectivity index is 1.65. The Hall–Kier alpha value is -2.63. The van der Waals surface area contributed by atoms with Gasteiger partial charge in [-0.15, -0.1) is 0 Å². The summed E-state index contributed by atoms with van der Waals surface area (Å²) < 4.78 is 0. The van der Waals surface area contributed by atoms with Crippen LogP contribution in [0.3, 0.4) is 0 Å². The first kappa shape index (κ1) is 19.1. The van der Waals surface area contributed by atoms with E-state index < -0.39 is 0 Å². The summed E-state index contributed by atoms with van der Waals surface area (Å²) in [5, 5.41) is 0. The Bertz CT molecular complexity index is 738. The van der Waals surface area contributed by atoms with Crippen molar-refractivity contribution in [2.45, 2.75) is 32.6 Å². The molecule has 1 atom stereocenters. The van der Waals surface area contributed by atoms with Crippen molar-refractivity contribution < 1.29 is 0 Å². The van der Waals surface area contributed by atoms with Crippen LogP contribution in [0.2, 0.25) is 0 Å². The maximum absolute atomic E-state index is 4.49. The summed E-state index contributed by atoms with van der Waals surface area (Å²) in [6, 6.07) is 18.6. The van der Waals surface area contributed by atoms with Crippen molar-refractivity contribution in [2.24, 2.45) is 0 Å². The minimum absolute atomic E-state index is 0.374. The molecule has 0 bridgehead atoms. The molecule has 5 nitrogen and oxygen atoms in total. The molecule has 0 saturated carbocycles. The van der Waals surface area contributed by atoms with Gasteiger partial charge < -0.3 is 0 Å². The number of hydrogen-bond acceptors (Lipinski definition) is 5. The van der Waals surface area contributed by atoms with E-state index in [2.05, 4.69) is 56.9 Å². The molecule has 1 unspecified atom stereocenters. The van der Waals surface area contributed by atoms with Crippen LogP contribution in [0.1, 0.15) is 24.0 Å². The fraction of sp³-hybridized carbons (Fsp3) is 0.318. The molecule has 140 valence electrons. The smallest absolute Gasteiger partial charge is 0.0544 e. The van der Waals surface area contributed by atoms with Gasteiger partial charge in [-0.05, 0) is 50.4 Å². The summed E-state index contributed by atoms with van der Waals surface area (Å²) in [6.45, 7) is 5.63. The first-order valence-electron chi connectivity index (χ1n) is 9.33. The van der Waals surface area contributed by atoms with Crippen LogP contribution in [0.5, 0.6) is 0 Å². The average Bonchev–Trinajstić information content (AvgIpc) is 2.70. The van der Waals surface area contributed by atoms with Crippen molar-refractivity contribution in [3.05, 3.63) is 90.3 Å². The highest BCUT2D eigenvalue weighted by Gasteiger charge is 2.16. The van der Waals surface area contributed by atoms with E-state index >= 15 is 0 Å². The van der Waals surface area contributed by atoms with E-state index in [1.54, 1.807) is 0 Å². The van der Waals surface area contributed by atoms with Crippen LogP contribution in [0, 0.1) is 0 Å². The van der Waals surface area contributed by atoms with Gasteiger partial charge in [0.15, 0.2) is 0 Å². The van der Waals surface area contributed by atoms with Crippen molar-refractivity contribution in [3.63, 3.8) is 0 Å². The number of aromatic nitrogens is 3.